The minimum absolute atomic E-state index is 0.120. The first-order valence-electron chi connectivity index (χ1n) is 15.2. The molecule has 3 atom stereocenters. The van der Waals surface area contributed by atoms with Crippen molar-refractivity contribution in [2.75, 3.05) is 32.7 Å². The van der Waals surface area contributed by atoms with Crippen molar-refractivity contribution in [2.45, 2.75) is 62.8 Å². The van der Waals surface area contributed by atoms with E-state index in [2.05, 4.69) is 31.9 Å². The third-order valence-electron chi connectivity index (χ3n) is 9.69. The smallest absolute Gasteiger partial charge is 0.320 e. The third-order valence-corrected chi connectivity index (χ3v) is 9.98. The van der Waals surface area contributed by atoms with Crippen molar-refractivity contribution < 1.29 is 14.3 Å². The fourth-order valence-electron chi connectivity index (χ4n) is 7.20. The second-order valence-corrected chi connectivity index (χ2v) is 12.7. The normalized spacial score (nSPS) is 23.5. The van der Waals surface area contributed by atoms with Crippen molar-refractivity contribution in [3.63, 3.8) is 0 Å². The zero-order valence-electron chi connectivity index (χ0n) is 23.5. The van der Waals surface area contributed by atoms with E-state index in [4.69, 9.17) is 11.6 Å². The van der Waals surface area contributed by atoms with Gasteiger partial charge in [0.05, 0.1) is 5.69 Å². The number of carboxylic acid groups (broad SMARTS) is 1. The van der Waals surface area contributed by atoms with Gasteiger partial charge in [0.1, 0.15) is 17.7 Å². The number of imidazole rings is 1. The van der Waals surface area contributed by atoms with Gasteiger partial charge in [-0.1, -0.05) is 73.3 Å². The monoisotopic (exact) mass is 578 g/mol. The highest BCUT2D eigenvalue weighted by molar-refractivity contribution is 6.30. The van der Waals surface area contributed by atoms with E-state index in [0.29, 0.717) is 23.5 Å². The molecule has 2 aliphatic heterocycles. The van der Waals surface area contributed by atoms with Gasteiger partial charge in [0, 0.05) is 37.9 Å². The summed E-state index contributed by atoms with van der Waals surface area (Å²) >= 11 is 6.60. The molecule has 218 valence electrons. The molecule has 0 radical (unpaired) electrons. The fourth-order valence-corrected chi connectivity index (χ4v) is 7.51. The molecule has 1 aliphatic carbocycles. The van der Waals surface area contributed by atoms with Crippen molar-refractivity contribution in [1.82, 2.24) is 19.8 Å². The Bertz CT molecular complexity index is 1320. The standard InChI is InChI=1S/C33H40ClFN4O2/c34-32-31(36-30(37-32)17-23-6-2-1-3-7-23)24-12-14-38(15-13-24)19-26-20-39(29(33(40)41)16-22-8-4-9-22)21-28(26)25-10-5-11-27(35)18-25/h1-3,5-7,10-11,18,22,24,26,28-29H,4,8-9,12-17,19-21H2,(H,36,37)(H,40,41)/t26-,28+,29+/m0/s1. The quantitative estimate of drug-likeness (QED) is 0.294. The fraction of sp³-hybridized carbons (Fsp3) is 0.515. The summed E-state index contributed by atoms with van der Waals surface area (Å²) in [6, 6.07) is 16.7. The van der Waals surface area contributed by atoms with Gasteiger partial charge in [-0.25, -0.2) is 9.37 Å². The molecule has 2 aromatic carbocycles. The predicted octanol–water partition coefficient (Wildman–Crippen LogP) is 6.33. The van der Waals surface area contributed by atoms with E-state index < -0.39 is 12.0 Å². The minimum Gasteiger partial charge on any atom is -0.480 e. The lowest BCUT2D eigenvalue weighted by atomic mass is 9.80. The second kappa shape index (κ2) is 12.6. The number of likely N-dealkylation sites (tertiary alicyclic amines) is 2. The third kappa shape index (κ3) is 6.68. The molecule has 1 saturated carbocycles. The Morgan fingerprint density at radius 3 is 2.54 bits per heavy atom. The van der Waals surface area contributed by atoms with E-state index >= 15 is 0 Å². The summed E-state index contributed by atoms with van der Waals surface area (Å²) < 4.78 is 14.2. The molecule has 0 amide bonds. The number of carbonyl (C=O) groups is 1. The Balaban J connectivity index is 1.11. The van der Waals surface area contributed by atoms with Crippen LogP contribution >= 0.6 is 11.6 Å². The number of piperidine rings is 1. The number of nitrogens with one attached hydrogen (secondary N) is 1. The molecular weight excluding hydrogens is 539 g/mol. The average molecular weight is 579 g/mol. The molecule has 3 aliphatic rings. The second-order valence-electron chi connectivity index (χ2n) is 12.4. The highest BCUT2D eigenvalue weighted by Gasteiger charge is 2.41. The van der Waals surface area contributed by atoms with Crippen molar-refractivity contribution in [3.8, 4) is 0 Å². The van der Waals surface area contributed by atoms with Crippen LogP contribution in [0.2, 0.25) is 5.15 Å². The van der Waals surface area contributed by atoms with Crippen LogP contribution in [0.3, 0.4) is 0 Å². The van der Waals surface area contributed by atoms with Crippen LogP contribution in [-0.2, 0) is 11.2 Å². The molecule has 41 heavy (non-hydrogen) atoms. The van der Waals surface area contributed by atoms with Crippen LogP contribution in [0.25, 0.3) is 0 Å². The predicted molar refractivity (Wildman–Crippen MR) is 159 cm³/mol. The maximum Gasteiger partial charge on any atom is 0.320 e. The molecule has 2 N–H and O–H groups in total. The minimum atomic E-state index is -0.723. The van der Waals surface area contributed by atoms with E-state index in [-0.39, 0.29) is 17.7 Å². The van der Waals surface area contributed by atoms with Crippen LogP contribution in [0.4, 0.5) is 4.39 Å². The number of H-pyrrole nitrogens is 1. The summed E-state index contributed by atoms with van der Waals surface area (Å²) in [5.74, 6) is 1.18. The lowest BCUT2D eigenvalue weighted by Gasteiger charge is -2.35. The Kier molecular flexibility index (Phi) is 8.75. The Morgan fingerprint density at radius 2 is 1.85 bits per heavy atom. The number of aromatic nitrogens is 2. The van der Waals surface area contributed by atoms with Crippen LogP contribution in [-0.4, -0.2) is 69.6 Å². The number of carboxylic acids is 1. The van der Waals surface area contributed by atoms with E-state index in [1.807, 2.05) is 24.3 Å². The summed E-state index contributed by atoms with van der Waals surface area (Å²) in [5.41, 5.74) is 3.23. The number of benzene rings is 2. The van der Waals surface area contributed by atoms with Gasteiger partial charge < -0.3 is 15.0 Å². The summed E-state index contributed by atoms with van der Waals surface area (Å²) in [6.07, 6.45) is 6.92. The van der Waals surface area contributed by atoms with Gasteiger partial charge in [-0.05, 0) is 67.4 Å². The number of rotatable bonds is 10. The van der Waals surface area contributed by atoms with E-state index in [1.54, 1.807) is 12.1 Å². The first-order valence-corrected chi connectivity index (χ1v) is 15.5. The van der Waals surface area contributed by atoms with Gasteiger partial charge >= 0.3 is 5.97 Å². The van der Waals surface area contributed by atoms with E-state index in [0.717, 1.165) is 81.8 Å². The van der Waals surface area contributed by atoms with Crippen molar-refractivity contribution in [2.24, 2.45) is 11.8 Å². The highest BCUT2D eigenvalue weighted by Crippen LogP contribution is 2.39. The molecule has 6 rings (SSSR count). The van der Waals surface area contributed by atoms with Crippen LogP contribution in [0.1, 0.15) is 73.0 Å². The Labute approximate surface area is 246 Å². The molecule has 0 spiro atoms. The summed E-state index contributed by atoms with van der Waals surface area (Å²) in [7, 11) is 0. The molecule has 3 fully saturated rings. The van der Waals surface area contributed by atoms with Crippen molar-refractivity contribution in [1.29, 1.82) is 0 Å². The Hall–Kier alpha value is -2.74. The molecule has 2 saturated heterocycles. The lowest BCUT2D eigenvalue weighted by Crippen LogP contribution is -2.43. The summed E-state index contributed by atoms with van der Waals surface area (Å²) in [4.78, 5) is 25.1. The van der Waals surface area contributed by atoms with Crippen molar-refractivity contribution in [3.05, 3.63) is 88.2 Å². The number of aliphatic carboxylic acids is 1. The Morgan fingerprint density at radius 1 is 1.07 bits per heavy atom. The SMILES string of the molecule is O=C(O)[C@@H](CC1CCC1)N1C[C@H](CN2CCC(c3[nH]c(Cc4ccccc4)nc3Cl)CC2)[C@@H](c2cccc(F)c2)C1. The first-order chi connectivity index (χ1) is 19.9. The van der Waals surface area contributed by atoms with Gasteiger partial charge in [0.15, 0.2) is 5.15 Å². The van der Waals surface area contributed by atoms with Gasteiger partial charge in [0.2, 0.25) is 0 Å². The van der Waals surface area contributed by atoms with Crippen LogP contribution in [0.5, 0.6) is 0 Å². The number of hydrogen-bond acceptors (Lipinski definition) is 4. The molecule has 1 aromatic heterocycles. The zero-order valence-corrected chi connectivity index (χ0v) is 24.3. The first kappa shape index (κ1) is 28.4. The largest absolute Gasteiger partial charge is 0.480 e. The van der Waals surface area contributed by atoms with Gasteiger partial charge in [-0.3, -0.25) is 9.69 Å². The molecule has 8 heteroatoms. The summed E-state index contributed by atoms with van der Waals surface area (Å²) in [6.45, 7) is 4.19. The van der Waals surface area contributed by atoms with Gasteiger partial charge in [-0.15, -0.1) is 0 Å². The maximum absolute atomic E-state index is 14.2. The van der Waals surface area contributed by atoms with Crippen molar-refractivity contribution >= 4 is 17.6 Å². The van der Waals surface area contributed by atoms with E-state index in [1.165, 1.54) is 18.1 Å². The molecular formula is C33H40ClFN4O2. The lowest BCUT2D eigenvalue weighted by molar-refractivity contribution is -0.144. The van der Waals surface area contributed by atoms with Gasteiger partial charge in [0.25, 0.3) is 0 Å². The maximum atomic E-state index is 14.2. The average Bonchev–Trinajstić information content (AvgIpc) is 3.51. The van der Waals surface area contributed by atoms with Gasteiger partial charge in [-0.2, -0.15) is 0 Å². The summed E-state index contributed by atoms with van der Waals surface area (Å²) in [5, 5.41) is 10.7. The number of halogens is 2. The van der Waals surface area contributed by atoms with E-state index in [9.17, 15) is 14.3 Å². The number of aromatic amines is 1. The van der Waals surface area contributed by atoms with Crippen LogP contribution in [0.15, 0.2) is 54.6 Å². The molecule has 0 bridgehead atoms. The molecule has 0 unspecified atom stereocenters. The molecule has 3 aromatic rings. The van der Waals surface area contributed by atoms with Crippen LogP contribution < -0.4 is 0 Å². The number of hydrogen-bond donors (Lipinski definition) is 2. The molecule has 3 heterocycles. The van der Waals surface area contributed by atoms with Crippen LogP contribution in [0, 0.1) is 17.7 Å². The zero-order chi connectivity index (χ0) is 28.3. The topological polar surface area (TPSA) is 72.5 Å². The molecule has 6 nitrogen and oxygen atoms in total. The highest BCUT2D eigenvalue weighted by atomic mass is 35.5. The number of nitrogens with zero attached hydrogens (tertiary/aromatic N) is 3.